The Morgan fingerprint density at radius 2 is 1.89 bits per heavy atom. The number of hydrogen-bond donors (Lipinski definition) is 2. The molecule has 0 aromatic rings. The molecule has 0 bridgehead atoms. The average Bonchev–Trinajstić information content (AvgIpc) is 2.92. The number of nitrogens with zero attached hydrogens (tertiary/aromatic N) is 1. The standard InChI is InChI=1S/C14H25N3O2/c15-14(19)17-9-3-6-12(10-17)13(18)16-8-7-11-4-1-2-5-11/h11-12H,1-10H2,(H2,15,19)(H,16,18)/t12-/m1/s1. The van der Waals surface area contributed by atoms with Crippen LogP contribution in [0.2, 0.25) is 0 Å². The maximum atomic E-state index is 12.1. The van der Waals surface area contributed by atoms with E-state index in [1.807, 2.05) is 0 Å². The van der Waals surface area contributed by atoms with Crippen LogP contribution in [0.15, 0.2) is 0 Å². The fourth-order valence-electron chi connectivity index (χ4n) is 3.23. The molecular weight excluding hydrogens is 242 g/mol. The van der Waals surface area contributed by atoms with Crippen molar-refractivity contribution in [1.29, 1.82) is 0 Å². The highest BCUT2D eigenvalue weighted by Gasteiger charge is 2.27. The summed E-state index contributed by atoms with van der Waals surface area (Å²) in [7, 11) is 0. The lowest BCUT2D eigenvalue weighted by atomic mass is 9.97. The Balaban J connectivity index is 1.68. The first kappa shape index (κ1) is 14.2. The maximum Gasteiger partial charge on any atom is 0.314 e. The summed E-state index contributed by atoms with van der Waals surface area (Å²) in [6.07, 6.45) is 8.13. The van der Waals surface area contributed by atoms with Gasteiger partial charge < -0.3 is 16.0 Å². The summed E-state index contributed by atoms with van der Waals surface area (Å²) in [5, 5.41) is 3.02. The Kier molecular flexibility index (Phi) is 5.05. The van der Waals surface area contributed by atoms with E-state index in [2.05, 4.69) is 5.32 Å². The molecule has 0 radical (unpaired) electrons. The molecule has 3 amide bonds. The zero-order valence-corrected chi connectivity index (χ0v) is 11.6. The Bertz CT molecular complexity index is 327. The number of piperidine rings is 1. The number of likely N-dealkylation sites (tertiary alicyclic amines) is 1. The van der Waals surface area contributed by atoms with Gasteiger partial charge in [-0.05, 0) is 25.2 Å². The van der Waals surface area contributed by atoms with Gasteiger partial charge >= 0.3 is 6.03 Å². The van der Waals surface area contributed by atoms with Gasteiger partial charge in [-0.3, -0.25) is 4.79 Å². The van der Waals surface area contributed by atoms with Gasteiger partial charge in [0.25, 0.3) is 0 Å². The van der Waals surface area contributed by atoms with E-state index in [0.717, 1.165) is 31.7 Å². The van der Waals surface area contributed by atoms with E-state index in [1.54, 1.807) is 4.90 Å². The third kappa shape index (κ3) is 4.11. The third-order valence-corrected chi connectivity index (χ3v) is 4.43. The van der Waals surface area contributed by atoms with E-state index in [4.69, 9.17) is 5.73 Å². The third-order valence-electron chi connectivity index (χ3n) is 4.43. The number of carbonyl (C=O) groups is 2. The van der Waals surface area contributed by atoms with Crippen molar-refractivity contribution in [3.05, 3.63) is 0 Å². The zero-order chi connectivity index (χ0) is 13.7. The fraction of sp³-hybridized carbons (Fsp3) is 0.857. The molecule has 19 heavy (non-hydrogen) atoms. The predicted molar refractivity (Wildman–Crippen MR) is 73.5 cm³/mol. The van der Waals surface area contributed by atoms with E-state index in [-0.39, 0.29) is 11.8 Å². The molecule has 3 N–H and O–H groups in total. The number of primary amides is 1. The molecule has 2 fully saturated rings. The minimum absolute atomic E-state index is 0.0789. The van der Waals surface area contributed by atoms with Gasteiger partial charge in [-0.1, -0.05) is 25.7 Å². The van der Waals surface area contributed by atoms with Gasteiger partial charge in [0.2, 0.25) is 5.91 Å². The monoisotopic (exact) mass is 267 g/mol. The molecule has 1 atom stereocenters. The first-order valence-electron chi connectivity index (χ1n) is 7.49. The van der Waals surface area contributed by atoms with Crippen molar-refractivity contribution in [3.8, 4) is 0 Å². The fourth-order valence-corrected chi connectivity index (χ4v) is 3.23. The predicted octanol–water partition coefficient (Wildman–Crippen LogP) is 1.47. The topological polar surface area (TPSA) is 75.4 Å². The van der Waals surface area contributed by atoms with Crippen LogP contribution in [0.1, 0.15) is 44.9 Å². The summed E-state index contributed by atoms with van der Waals surface area (Å²) in [5.74, 6) is 0.808. The van der Waals surface area contributed by atoms with Crippen LogP contribution >= 0.6 is 0 Å². The Hall–Kier alpha value is -1.26. The van der Waals surface area contributed by atoms with Crippen LogP contribution < -0.4 is 11.1 Å². The minimum Gasteiger partial charge on any atom is -0.356 e. The van der Waals surface area contributed by atoms with Crippen LogP contribution in [0, 0.1) is 11.8 Å². The maximum absolute atomic E-state index is 12.1. The quantitative estimate of drug-likeness (QED) is 0.809. The van der Waals surface area contributed by atoms with Gasteiger partial charge in [0.15, 0.2) is 0 Å². The zero-order valence-electron chi connectivity index (χ0n) is 11.6. The molecule has 5 heteroatoms. The van der Waals surface area contributed by atoms with Crippen LogP contribution in [0.4, 0.5) is 4.79 Å². The second-order valence-corrected chi connectivity index (χ2v) is 5.85. The van der Waals surface area contributed by atoms with Crippen molar-refractivity contribution in [2.24, 2.45) is 17.6 Å². The molecule has 108 valence electrons. The summed E-state index contributed by atoms with van der Waals surface area (Å²) in [5.41, 5.74) is 5.27. The van der Waals surface area contributed by atoms with Gasteiger partial charge in [-0.25, -0.2) is 4.79 Å². The van der Waals surface area contributed by atoms with Gasteiger partial charge in [0, 0.05) is 19.6 Å². The summed E-state index contributed by atoms with van der Waals surface area (Å²) < 4.78 is 0. The number of urea groups is 1. The molecule has 2 aliphatic rings. The van der Waals surface area contributed by atoms with Crippen LogP contribution in [-0.2, 0) is 4.79 Å². The van der Waals surface area contributed by atoms with Crippen LogP contribution in [0.3, 0.4) is 0 Å². The van der Waals surface area contributed by atoms with Gasteiger partial charge in [-0.2, -0.15) is 0 Å². The van der Waals surface area contributed by atoms with Gasteiger partial charge in [0.05, 0.1) is 5.92 Å². The first-order chi connectivity index (χ1) is 9.16. The number of nitrogens with two attached hydrogens (primary N) is 1. The SMILES string of the molecule is NC(=O)N1CCC[C@@H](C(=O)NCCC2CCCC2)C1. The molecule has 0 aromatic heterocycles. The molecule has 1 saturated heterocycles. The normalized spacial score (nSPS) is 24.4. The van der Waals surface area contributed by atoms with Crippen molar-refractivity contribution in [2.45, 2.75) is 44.9 Å². The van der Waals surface area contributed by atoms with E-state index in [9.17, 15) is 9.59 Å². The summed E-state index contributed by atoms with van der Waals surface area (Å²) in [6.45, 7) is 1.93. The molecule has 1 heterocycles. The number of amides is 3. The van der Waals surface area contributed by atoms with E-state index in [0.29, 0.717) is 13.1 Å². The average molecular weight is 267 g/mol. The molecule has 1 aliphatic carbocycles. The summed E-state index contributed by atoms with van der Waals surface area (Å²) in [6, 6.07) is -0.413. The number of hydrogen-bond acceptors (Lipinski definition) is 2. The molecule has 2 rings (SSSR count). The van der Waals surface area contributed by atoms with Crippen molar-refractivity contribution < 1.29 is 9.59 Å². The second-order valence-electron chi connectivity index (χ2n) is 5.85. The van der Waals surface area contributed by atoms with Crippen molar-refractivity contribution in [2.75, 3.05) is 19.6 Å². The van der Waals surface area contributed by atoms with Crippen LogP contribution in [-0.4, -0.2) is 36.5 Å². The Labute approximate surface area is 114 Å². The highest BCUT2D eigenvalue weighted by Crippen LogP contribution is 2.27. The summed E-state index contributed by atoms with van der Waals surface area (Å²) in [4.78, 5) is 24.8. The number of carbonyl (C=O) groups excluding carboxylic acids is 2. The van der Waals surface area contributed by atoms with Crippen LogP contribution in [0.5, 0.6) is 0 Å². The lowest BCUT2D eigenvalue weighted by molar-refractivity contribution is -0.126. The van der Waals surface area contributed by atoms with Gasteiger partial charge in [-0.15, -0.1) is 0 Å². The Morgan fingerprint density at radius 1 is 1.16 bits per heavy atom. The summed E-state index contributed by atoms with van der Waals surface area (Å²) >= 11 is 0. The number of rotatable bonds is 4. The highest BCUT2D eigenvalue weighted by molar-refractivity contribution is 5.80. The lowest BCUT2D eigenvalue weighted by Crippen LogP contribution is -2.47. The molecule has 0 spiro atoms. The molecule has 1 aliphatic heterocycles. The van der Waals surface area contributed by atoms with Crippen molar-refractivity contribution in [3.63, 3.8) is 0 Å². The van der Waals surface area contributed by atoms with Crippen LogP contribution in [0.25, 0.3) is 0 Å². The largest absolute Gasteiger partial charge is 0.356 e. The molecule has 0 aromatic carbocycles. The first-order valence-corrected chi connectivity index (χ1v) is 7.49. The van der Waals surface area contributed by atoms with E-state index < -0.39 is 6.03 Å². The highest BCUT2D eigenvalue weighted by atomic mass is 16.2. The Morgan fingerprint density at radius 3 is 2.58 bits per heavy atom. The minimum atomic E-state index is -0.413. The molecule has 0 unspecified atom stereocenters. The number of nitrogens with one attached hydrogen (secondary N) is 1. The smallest absolute Gasteiger partial charge is 0.314 e. The second kappa shape index (κ2) is 6.78. The van der Waals surface area contributed by atoms with E-state index >= 15 is 0 Å². The van der Waals surface area contributed by atoms with Crippen molar-refractivity contribution >= 4 is 11.9 Å². The lowest BCUT2D eigenvalue weighted by Gasteiger charge is -2.30. The van der Waals surface area contributed by atoms with E-state index in [1.165, 1.54) is 25.7 Å². The van der Waals surface area contributed by atoms with Crippen molar-refractivity contribution in [1.82, 2.24) is 10.2 Å². The molecule has 1 saturated carbocycles. The van der Waals surface area contributed by atoms with Gasteiger partial charge in [0.1, 0.15) is 0 Å². The molecule has 5 nitrogen and oxygen atoms in total. The molecular formula is C14H25N3O2.